The molecule has 0 saturated carbocycles. The zero-order valence-corrected chi connectivity index (χ0v) is 26.1. The van der Waals surface area contributed by atoms with Crippen LogP contribution in [0.15, 0.2) is 78.9 Å². The lowest BCUT2D eigenvalue weighted by Crippen LogP contribution is -2.55. The minimum Gasteiger partial charge on any atom is -0.352 e. The van der Waals surface area contributed by atoms with Crippen LogP contribution >= 0.6 is 0 Å². The molecular weight excluding hydrogens is 495 g/mol. The average Bonchev–Trinajstić information content (AvgIpc) is 3.08. The minimum absolute atomic E-state index is 0.147. The van der Waals surface area contributed by atoms with Crippen molar-refractivity contribution < 1.29 is 0 Å². The van der Waals surface area contributed by atoms with Crippen LogP contribution in [-0.4, -0.2) is 19.3 Å². The molecule has 1 heterocycles. The van der Waals surface area contributed by atoms with Crippen LogP contribution in [0.5, 0.6) is 0 Å². The number of benzene rings is 4. The molecule has 206 valence electrons. The number of aryl methyl sites for hydroxylation is 6. The SMILES string of the molecule is Cc1cc(C)c(B(c2ccc(/C=C/C3(C#N)N(C)c4ccccc4C3(C)C)cc2)c2c(C)cc(C)cc2C)c(C)c1. The zero-order chi connectivity index (χ0) is 29.7. The molecule has 4 aromatic rings. The van der Waals surface area contributed by atoms with Gasteiger partial charge in [-0.2, -0.15) is 5.26 Å². The molecule has 1 atom stereocenters. The molecule has 1 unspecified atom stereocenters. The number of hydrogen-bond donors (Lipinski definition) is 0. The van der Waals surface area contributed by atoms with Crippen LogP contribution in [0.1, 0.15) is 58.4 Å². The Labute approximate surface area is 247 Å². The third kappa shape index (κ3) is 4.60. The van der Waals surface area contributed by atoms with E-state index in [1.54, 1.807) is 0 Å². The maximum absolute atomic E-state index is 10.5. The maximum Gasteiger partial charge on any atom is 0.242 e. The summed E-state index contributed by atoms with van der Waals surface area (Å²) in [4.78, 5) is 2.13. The zero-order valence-electron chi connectivity index (χ0n) is 26.1. The van der Waals surface area contributed by atoms with E-state index >= 15 is 0 Å². The second-order valence-electron chi connectivity index (χ2n) is 12.6. The molecular formula is C38H41BN2. The molecule has 5 rings (SSSR count). The monoisotopic (exact) mass is 536 g/mol. The van der Waals surface area contributed by atoms with E-state index in [2.05, 4.69) is 145 Å². The van der Waals surface area contributed by atoms with E-state index in [-0.39, 0.29) is 12.1 Å². The summed E-state index contributed by atoms with van der Waals surface area (Å²) in [6.45, 7) is 17.8. The Balaban J connectivity index is 1.58. The fourth-order valence-electron chi connectivity index (χ4n) is 7.47. The van der Waals surface area contributed by atoms with E-state index in [1.165, 1.54) is 55.3 Å². The van der Waals surface area contributed by atoms with Crippen molar-refractivity contribution in [3.63, 3.8) is 0 Å². The van der Waals surface area contributed by atoms with E-state index in [0.29, 0.717) is 0 Å². The Kier molecular flexibility index (Phi) is 7.25. The van der Waals surface area contributed by atoms with E-state index < -0.39 is 5.54 Å². The fraction of sp³-hybridized carbons (Fsp3) is 0.289. The van der Waals surface area contributed by atoms with Gasteiger partial charge in [-0.3, -0.25) is 0 Å². The third-order valence-corrected chi connectivity index (χ3v) is 9.43. The van der Waals surface area contributed by atoms with Crippen molar-refractivity contribution in [1.82, 2.24) is 0 Å². The largest absolute Gasteiger partial charge is 0.352 e. The first-order valence-electron chi connectivity index (χ1n) is 14.6. The summed E-state index contributed by atoms with van der Waals surface area (Å²) < 4.78 is 0. The predicted molar refractivity (Wildman–Crippen MR) is 178 cm³/mol. The number of rotatable bonds is 5. The molecule has 2 nitrogen and oxygen atoms in total. The van der Waals surface area contributed by atoms with Crippen molar-refractivity contribution in [2.45, 2.75) is 66.3 Å². The fourth-order valence-corrected chi connectivity index (χ4v) is 7.47. The minimum atomic E-state index is -0.774. The summed E-state index contributed by atoms with van der Waals surface area (Å²) in [5.74, 6) is 0. The van der Waals surface area contributed by atoms with Gasteiger partial charge in [-0.1, -0.05) is 136 Å². The lowest BCUT2D eigenvalue weighted by Gasteiger charge is -2.38. The van der Waals surface area contributed by atoms with E-state index in [0.717, 1.165) is 11.3 Å². The number of hydrogen-bond acceptors (Lipinski definition) is 2. The summed E-state index contributed by atoms with van der Waals surface area (Å²) in [6.07, 6.45) is 4.22. The normalized spacial score (nSPS) is 17.5. The number of fused-ring (bicyclic) bond motifs is 1. The molecule has 0 aromatic heterocycles. The first-order valence-corrected chi connectivity index (χ1v) is 14.6. The molecule has 0 saturated heterocycles. The third-order valence-electron chi connectivity index (χ3n) is 9.43. The van der Waals surface area contributed by atoms with Crippen LogP contribution in [0.25, 0.3) is 6.08 Å². The Bertz CT molecular complexity index is 1600. The van der Waals surface area contributed by atoms with Crippen molar-refractivity contribution in [3.8, 4) is 6.07 Å². The molecule has 3 heteroatoms. The lowest BCUT2D eigenvalue weighted by molar-refractivity contribution is 0.410. The summed E-state index contributed by atoms with van der Waals surface area (Å²) in [7, 11) is 2.04. The Morgan fingerprint density at radius 1 is 0.732 bits per heavy atom. The molecule has 0 aliphatic carbocycles. The molecule has 1 aliphatic heterocycles. The van der Waals surface area contributed by atoms with Gasteiger partial charge >= 0.3 is 0 Å². The van der Waals surface area contributed by atoms with Crippen LogP contribution in [-0.2, 0) is 5.41 Å². The smallest absolute Gasteiger partial charge is 0.242 e. The molecule has 0 radical (unpaired) electrons. The van der Waals surface area contributed by atoms with Crippen molar-refractivity contribution in [2.75, 3.05) is 11.9 Å². The topological polar surface area (TPSA) is 27.0 Å². The lowest BCUT2D eigenvalue weighted by atomic mass is 9.34. The molecule has 0 spiro atoms. The van der Waals surface area contributed by atoms with Crippen LogP contribution in [0.2, 0.25) is 0 Å². The molecule has 0 bridgehead atoms. The van der Waals surface area contributed by atoms with Gasteiger partial charge in [0.15, 0.2) is 5.54 Å². The highest BCUT2D eigenvalue weighted by Gasteiger charge is 2.54. The van der Waals surface area contributed by atoms with Crippen molar-refractivity contribution in [2.24, 2.45) is 0 Å². The van der Waals surface area contributed by atoms with Crippen molar-refractivity contribution >= 4 is 34.9 Å². The first kappa shape index (κ1) is 28.5. The predicted octanol–water partition coefficient (Wildman–Crippen LogP) is 6.76. The molecule has 1 aliphatic rings. The van der Waals surface area contributed by atoms with Gasteiger partial charge in [0.2, 0.25) is 6.71 Å². The van der Waals surface area contributed by atoms with Crippen LogP contribution in [0.3, 0.4) is 0 Å². The highest BCUT2D eigenvalue weighted by Crippen LogP contribution is 2.51. The average molecular weight is 537 g/mol. The van der Waals surface area contributed by atoms with E-state index in [9.17, 15) is 5.26 Å². The number of para-hydroxylation sites is 1. The number of nitrogens with zero attached hydrogens (tertiary/aromatic N) is 2. The Hall–Kier alpha value is -4.03. The second kappa shape index (κ2) is 10.4. The molecule has 0 fully saturated rings. The standard InChI is InChI=1S/C38H41BN2/c1-25-20-27(3)35(28(4)21-25)39(36-29(5)22-26(2)23-30(36)6)32-16-14-31(15-17-32)18-19-38(24-40)37(7,8)33-12-10-11-13-34(33)41(38)9/h10-23H,1-9H3/b19-18+. The molecule has 41 heavy (non-hydrogen) atoms. The summed E-state index contributed by atoms with van der Waals surface area (Å²) in [6, 6.07) is 29.3. The van der Waals surface area contributed by atoms with Gasteiger partial charge in [-0.25, -0.2) is 0 Å². The van der Waals surface area contributed by atoms with E-state index in [1.807, 2.05) is 13.1 Å². The van der Waals surface area contributed by atoms with Crippen LogP contribution in [0.4, 0.5) is 5.69 Å². The van der Waals surface area contributed by atoms with Gasteiger partial charge in [0.1, 0.15) is 0 Å². The van der Waals surface area contributed by atoms with Crippen LogP contribution in [0, 0.1) is 52.9 Å². The summed E-state index contributed by atoms with van der Waals surface area (Å²) >= 11 is 0. The van der Waals surface area contributed by atoms with Crippen molar-refractivity contribution in [1.29, 1.82) is 5.26 Å². The Morgan fingerprint density at radius 2 is 1.22 bits per heavy atom. The quantitative estimate of drug-likeness (QED) is 0.264. The van der Waals surface area contributed by atoms with Gasteiger partial charge in [-0.05, 0) is 64.8 Å². The first-order chi connectivity index (χ1) is 19.4. The van der Waals surface area contributed by atoms with Gasteiger partial charge < -0.3 is 4.90 Å². The van der Waals surface area contributed by atoms with Crippen molar-refractivity contribution in [3.05, 3.63) is 123 Å². The van der Waals surface area contributed by atoms with Crippen LogP contribution < -0.4 is 21.3 Å². The molecule has 4 aromatic carbocycles. The Morgan fingerprint density at radius 3 is 1.68 bits per heavy atom. The van der Waals surface area contributed by atoms with Gasteiger partial charge in [-0.15, -0.1) is 0 Å². The summed E-state index contributed by atoms with van der Waals surface area (Å²) in [5, 5.41) is 10.5. The van der Waals surface area contributed by atoms with Gasteiger partial charge in [0.05, 0.1) is 6.07 Å². The molecule has 0 amide bonds. The molecule has 0 N–H and O–H groups in total. The summed E-state index contributed by atoms with van der Waals surface area (Å²) in [5.41, 5.74) is 14.3. The van der Waals surface area contributed by atoms with Gasteiger partial charge in [0, 0.05) is 18.2 Å². The van der Waals surface area contributed by atoms with E-state index in [4.69, 9.17) is 0 Å². The number of nitriles is 1. The van der Waals surface area contributed by atoms with Gasteiger partial charge in [0.25, 0.3) is 0 Å². The number of anilines is 1. The highest BCUT2D eigenvalue weighted by atomic mass is 15.2. The second-order valence-corrected chi connectivity index (χ2v) is 12.6. The maximum atomic E-state index is 10.5. The number of likely N-dealkylation sites (N-methyl/N-ethyl adjacent to an activating group) is 1. The highest BCUT2D eigenvalue weighted by molar-refractivity contribution is 6.96.